The van der Waals surface area contributed by atoms with Gasteiger partial charge >= 0.3 is 17.9 Å². The zero-order valence-electron chi connectivity index (χ0n) is 53.9. The SMILES string of the molecule is CCCCCCC/C=C\C/C=C\C/C=C\CCCCCCCCCCCCCCCCC(=O)OC(COC(=O)CCCCCCCCCCCCCCCCC/C=C\C/C=C\CCCCCCC)COC(OCC[N+](C)(C)C)C(=O)O. The number of rotatable bonds is 64. The lowest BCUT2D eigenvalue weighted by Gasteiger charge is -2.25. The zero-order valence-corrected chi connectivity index (χ0v) is 53.9. The number of aliphatic carboxylic acids is 1. The predicted octanol–water partition coefficient (Wildman–Crippen LogP) is 21.1. The van der Waals surface area contributed by atoms with Gasteiger partial charge in [-0.15, -0.1) is 0 Å². The third kappa shape index (κ3) is 64.4. The molecule has 0 aliphatic rings. The first-order valence-corrected chi connectivity index (χ1v) is 34.5. The van der Waals surface area contributed by atoms with Crippen molar-refractivity contribution in [3.63, 3.8) is 0 Å². The van der Waals surface area contributed by atoms with Crippen LogP contribution in [0.5, 0.6) is 0 Å². The first-order valence-electron chi connectivity index (χ1n) is 34.5. The van der Waals surface area contributed by atoms with Gasteiger partial charge in [-0.3, -0.25) is 9.59 Å². The Hall–Kier alpha value is -3.01. The molecule has 0 aliphatic heterocycles. The van der Waals surface area contributed by atoms with E-state index in [0.29, 0.717) is 17.4 Å². The molecule has 0 spiro atoms. The van der Waals surface area contributed by atoms with E-state index >= 15 is 0 Å². The number of carbonyl (C=O) groups is 3. The average Bonchev–Trinajstić information content (AvgIpc) is 3.44. The Morgan fingerprint density at radius 2 is 0.667 bits per heavy atom. The number of quaternary nitrogens is 1. The highest BCUT2D eigenvalue weighted by Gasteiger charge is 2.25. The third-order valence-electron chi connectivity index (χ3n) is 15.2. The van der Waals surface area contributed by atoms with Crippen LogP contribution in [0.1, 0.15) is 322 Å². The van der Waals surface area contributed by atoms with E-state index in [2.05, 4.69) is 74.6 Å². The molecule has 0 radical (unpaired) electrons. The number of carboxylic acids is 1. The molecule has 0 saturated carbocycles. The van der Waals surface area contributed by atoms with Crippen molar-refractivity contribution in [1.29, 1.82) is 0 Å². The number of ether oxygens (including phenoxy) is 4. The van der Waals surface area contributed by atoms with E-state index in [9.17, 15) is 19.5 Å². The molecule has 0 heterocycles. The van der Waals surface area contributed by atoms with Gasteiger partial charge in [0, 0.05) is 12.8 Å². The van der Waals surface area contributed by atoms with Gasteiger partial charge in [0.25, 0.3) is 6.29 Å². The van der Waals surface area contributed by atoms with Crippen LogP contribution in [-0.4, -0.2) is 87.4 Å². The highest BCUT2D eigenvalue weighted by Crippen LogP contribution is 2.18. The van der Waals surface area contributed by atoms with E-state index in [1.807, 2.05) is 21.1 Å². The maximum Gasteiger partial charge on any atom is 0.361 e. The van der Waals surface area contributed by atoms with Gasteiger partial charge in [-0.2, -0.15) is 0 Å². The summed E-state index contributed by atoms with van der Waals surface area (Å²) in [6.45, 7) is 4.90. The number of allylic oxidation sites excluding steroid dienone is 10. The second-order valence-electron chi connectivity index (χ2n) is 24.5. The molecular formula is C72H132NO8+. The first-order chi connectivity index (χ1) is 39.6. The minimum absolute atomic E-state index is 0.181. The summed E-state index contributed by atoms with van der Waals surface area (Å²) in [5.74, 6) is -1.99. The van der Waals surface area contributed by atoms with Gasteiger partial charge in [-0.1, -0.05) is 286 Å². The van der Waals surface area contributed by atoms with E-state index in [0.717, 1.165) is 57.8 Å². The highest BCUT2D eigenvalue weighted by atomic mass is 16.7. The van der Waals surface area contributed by atoms with Crippen LogP contribution in [0.15, 0.2) is 60.8 Å². The second kappa shape index (κ2) is 63.0. The predicted molar refractivity (Wildman–Crippen MR) is 346 cm³/mol. The maximum absolute atomic E-state index is 12.9. The summed E-state index contributed by atoms with van der Waals surface area (Å²) in [7, 11) is 5.98. The maximum atomic E-state index is 12.9. The first kappa shape index (κ1) is 78.0. The lowest BCUT2D eigenvalue weighted by Crippen LogP contribution is -2.40. The third-order valence-corrected chi connectivity index (χ3v) is 15.2. The largest absolute Gasteiger partial charge is 0.477 e. The summed E-state index contributed by atoms with van der Waals surface area (Å²) >= 11 is 0. The number of carbonyl (C=O) groups excluding carboxylic acids is 2. The Labute approximate surface area is 501 Å². The molecule has 9 heteroatoms. The Balaban J connectivity index is 4.12. The van der Waals surface area contributed by atoms with Gasteiger partial charge in [0.1, 0.15) is 13.2 Å². The molecule has 2 atom stereocenters. The summed E-state index contributed by atoms with van der Waals surface area (Å²) in [4.78, 5) is 37.6. The highest BCUT2D eigenvalue weighted by molar-refractivity contribution is 5.71. The molecule has 0 aromatic heterocycles. The second-order valence-corrected chi connectivity index (χ2v) is 24.5. The molecule has 0 aromatic rings. The smallest absolute Gasteiger partial charge is 0.361 e. The number of likely N-dealkylation sites (N-methyl/N-ethyl adjacent to an activating group) is 1. The number of hydrogen-bond donors (Lipinski definition) is 1. The van der Waals surface area contributed by atoms with E-state index in [1.54, 1.807) is 0 Å². The Morgan fingerprint density at radius 1 is 0.370 bits per heavy atom. The zero-order chi connectivity index (χ0) is 59.1. The molecular weight excluding hydrogens is 1010 g/mol. The summed E-state index contributed by atoms with van der Waals surface area (Å²) < 4.78 is 23.0. The van der Waals surface area contributed by atoms with Gasteiger partial charge in [-0.25, -0.2) is 4.79 Å². The standard InChI is InChI=1S/C72H131NO8/c1-6-8-10-12-14-16-18-20-22-24-26-28-30-32-34-35-37-39-41-43-45-47-49-51-53-55-57-59-61-63-70(75)81-68(67-80-72(71(76)77)78-65-64-73(3,4)5)66-79-69(74)62-60-58-56-54-52-50-48-46-44-42-40-38-36-33-31-29-27-25-23-21-19-17-15-13-11-9-7-2/h18-21,24-27,30,32,68,72H,6-17,22-23,28-29,31,33-67H2,1-5H3/p+1/b20-18-,21-19-,26-24-,27-25-,32-30-. The minimum Gasteiger partial charge on any atom is -0.477 e. The molecule has 0 saturated heterocycles. The van der Waals surface area contributed by atoms with Crippen LogP contribution in [0, 0.1) is 0 Å². The van der Waals surface area contributed by atoms with Crippen molar-refractivity contribution in [1.82, 2.24) is 0 Å². The number of unbranched alkanes of at least 4 members (excludes halogenated alkanes) is 39. The van der Waals surface area contributed by atoms with Crippen LogP contribution in [0.2, 0.25) is 0 Å². The van der Waals surface area contributed by atoms with E-state index in [4.69, 9.17) is 18.9 Å². The van der Waals surface area contributed by atoms with Gasteiger partial charge in [0.15, 0.2) is 6.10 Å². The van der Waals surface area contributed by atoms with Crippen molar-refractivity contribution < 1.29 is 42.9 Å². The van der Waals surface area contributed by atoms with Crippen molar-refractivity contribution in [2.45, 2.75) is 334 Å². The van der Waals surface area contributed by atoms with Crippen molar-refractivity contribution >= 4 is 17.9 Å². The summed E-state index contributed by atoms with van der Waals surface area (Å²) in [6.07, 6.45) is 78.9. The van der Waals surface area contributed by atoms with Crippen molar-refractivity contribution in [3.05, 3.63) is 60.8 Å². The number of esters is 2. The minimum atomic E-state index is -1.51. The molecule has 2 unspecified atom stereocenters. The van der Waals surface area contributed by atoms with E-state index in [-0.39, 0.29) is 32.2 Å². The molecule has 0 bridgehead atoms. The van der Waals surface area contributed by atoms with Crippen LogP contribution >= 0.6 is 0 Å². The molecule has 1 N–H and O–H groups in total. The normalized spacial score (nSPS) is 13.0. The molecule has 0 aromatic carbocycles. The Morgan fingerprint density at radius 3 is 0.988 bits per heavy atom. The number of nitrogens with zero attached hydrogens (tertiary/aromatic N) is 1. The van der Waals surface area contributed by atoms with Gasteiger partial charge in [0.2, 0.25) is 0 Å². The average molecular weight is 1140 g/mol. The molecule has 0 aliphatic carbocycles. The Kier molecular flexibility index (Phi) is 60.7. The lowest BCUT2D eigenvalue weighted by molar-refractivity contribution is -0.870. The molecule has 0 rings (SSSR count). The quantitative estimate of drug-likeness (QED) is 0.0211. The van der Waals surface area contributed by atoms with Crippen LogP contribution < -0.4 is 0 Å². The van der Waals surface area contributed by atoms with Crippen molar-refractivity contribution in [2.24, 2.45) is 0 Å². The van der Waals surface area contributed by atoms with Crippen LogP contribution in [0.4, 0.5) is 0 Å². The lowest BCUT2D eigenvalue weighted by atomic mass is 10.0. The Bertz CT molecular complexity index is 1510. The monoisotopic (exact) mass is 1140 g/mol. The van der Waals surface area contributed by atoms with E-state index in [1.165, 1.54) is 238 Å². The number of carboxylic acid groups (broad SMARTS) is 1. The van der Waals surface area contributed by atoms with Crippen LogP contribution in [0.25, 0.3) is 0 Å². The molecule has 9 nitrogen and oxygen atoms in total. The molecule has 0 fully saturated rings. The fourth-order valence-corrected chi connectivity index (χ4v) is 9.94. The molecule has 472 valence electrons. The van der Waals surface area contributed by atoms with E-state index < -0.39 is 24.3 Å². The van der Waals surface area contributed by atoms with Crippen molar-refractivity contribution in [2.75, 3.05) is 47.5 Å². The van der Waals surface area contributed by atoms with Gasteiger partial charge in [0.05, 0.1) is 34.4 Å². The summed E-state index contributed by atoms with van der Waals surface area (Å²) in [5, 5.41) is 9.74. The van der Waals surface area contributed by atoms with Crippen molar-refractivity contribution in [3.8, 4) is 0 Å². The van der Waals surface area contributed by atoms with Gasteiger partial charge in [-0.05, 0) is 83.5 Å². The molecule has 81 heavy (non-hydrogen) atoms. The van der Waals surface area contributed by atoms with Crippen LogP contribution in [-0.2, 0) is 33.3 Å². The topological polar surface area (TPSA) is 108 Å². The summed E-state index contributed by atoms with van der Waals surface area (Å²) in [5.41, 5.74) is 0. The fraction of sp³-hybridized carbons (Fsp3) is 0.819. The molecule has 0 amide bonds. The van der Waals surface area contributed by atoms with Crippen LogP contribution in [0.3, 0.4) is 0 Å². The summed E-state index contributed by atoms with van der Waals surface area (Å²) in [6, 6.07) is 0. The number of hydrogen-bond acceptors (Lipinski definition) is 7. The fourth-order valence-electron chi connectivity index (χ4n) is 9.94. The van der Waals surface area contributed by atoms with Gasteiger partial charge < -0.3 is 28.5 Å².